The second-order valence-corrected chi connectivity index (χ2v) is 8.05. The van der Waals surface area contributed by atoms with Gasteiger partial charge in [-0.25, -0.2) is 0 Å². The van der Waals surface area contributed by atoms with E-state index in [2.05, 4.69) is 16.4 Å². The van der Waals surface area contributed by atoms with Gasteiger partial charge in [-0.2, -0.15) is 0 Å². The van der Waals surface area contributed by atoms with Gasteiger partial charge in [0.2, 0.25) is 0 Å². The number of carbonyl (C=O) groups excluding carboxylic acids is 1. The third kappa shape index (κ3) is 6.94. The lowest BCUT2D eigenvalue weighted by atomic mass is 9.94. The Morgan fingerprint density at radius 3 is 2.39 bits per heavy atom. The number of halogens is 2. The van der Waals surface area contributed by atoms with Crippen LogP contribution in [-0.4, -0.2) is 36.0 Å². The summed E-state index contributed by atoms with van der Waals surface area (Å²) in [6.45, 7) is 3.07. The molecule has 176 valence electrons. The zero-order valence-corrected chi connectivity index (χ0v) is 20.4. The SMILES string of the molecule is COc1ccccc1CN(Cc1ccncc1)C(=O)c1ccccc1CC1CCNC1.Cl.Cl. The van der Waals surface area contributed by atoms with Crippen LogP contribution in [0.3, 0.4) is 0 Å². The lowest BCUT2D eigenvalue weighted by molar-refractivity contribution is 0.0727. The number of hydrogen-bond acceptors (Lipinski definition) is 4. The van der Waals surface area contributed by atoms with Crippen molar-refractivity contribution in [1.82, 2.24) is 15.2 Å². The fourth-order valence-electron chi connectivity index (χ4n) is 4.22. The number of benzene rings is 2. The van der Waals surface area contributed by atoms with Gasteiger partial charge in [0.1, 0.15) is 5.75 Å². The average Bonchev–Trinajstić information content (AvgIpc) is 3.33. The Bertz CT molecular complexity index is 1010. The number of aromatic nitrogens is 1. The van der Waals surface area contributed by atoms with Crippen molar-refractivity contribution in [3.63, 3.8) is 0 Å². The fraction of sp³-hybridized carbons (Fsp3) is 0.308. The van der Waals surface area contributed by atoms with E-state index < -0.39 is 0 Å². The van der Waals surface area contributed by atoms with Crippen LogP contribution in [-0.2, 0) is 19.5 Å². The van der Waals surface area contributed by atoms with E-state index in [1.54, 1.807) is 19.5 Å². The van der Waals surface area contributed by atoms with E-state index >= 15 is 0 Å². The first kappa shape index (κ1) is 26.7. The molecule has 0 bridgehead atoms. The lowest BCUT2D eigenvalue weighted by Gasteiger charge is -2.25. The van der Waals surface area contributed by atoms with Crippen LogP contribution in [0.15, 0.2) is 73.1 Å². The minimum absolute atomic E-state index is 0. The monoisotopic (exact) mass is 487 g/mol. The van der Waals surface area contributed by atoms with E-state index in [0.29, 0.717) is 19.0 Å². The summed E-state index contributed by atoms with van der Waals surface area (Å²) in [5.74, 6) is 1.42. The number of ether oxygens (including phenoxy) is 1. The molecule has 0 aliphatic carbocycles. The van der Waals surface area contributed by atoms with Crippen molar-refractivity contribution < 1.29 is 9.53 Å². The number of amides is 1. The molecule has 2 aromatic carbocycles. The van der Waals surface area contributed by atoms with Crippen LogP contribution in [0.5, 0.6) is 5.75 Å². The predicted molar refractivity (Wildman–Crippen MR) is 136 cm³/mol. The molecule has 3 aromatic rings. The minimum Gasteiger partial charge on any atom is -0.496 e. The van der Waals surface area contributed by atoms with Gasteiger partial charge in [-0.05, 0) is 67.2 Å². The van der Waals surface area contributed by atoms with Crippen molar-refractivity contribution >= 4 is 30.7 Å². The van der Waals surface area contributed by atoms with Gasteiger partial charge in [0, 0.05) is 36.6 Å². The molecule has 2 heterocycles. The lowest BCUT2D eigenvalue weighted by Crippen LogP contribution is -2.31. The third-order valence-corrected chi connectivity index (χ3v) is 5.88. The second-order valence-electron chi connectivity index (χ2n) is 8.05. The summed E-state index contributed by atoms with van der Waals surface area (Å²) >= 11 is 0. The molecule has 1 aromatic heterocycles. The first-order valence-corrected chi connectivity index (χ1v) is 10.8. The van der Waals surface area contributed by atoms with Crippen LogP contribution in [0, 0.1) is 5.92 Å². The summed E-state index contributed by atoms with van der Waals surface area (Å²) in [4.78, 5) is 19.8. The number of nitrogens with one attached hydrogen (secondary N) is 1. The highest BCUT2D eigenvalue weighted by Gasteiger charge is 2.23. The zero-order valence-electron chi connectivity index (χ0n) is 18.8. The van der Waals surface area contributed by atoms with Crippen LogP contribution in [0.2, 0.25) is 0 Å². The smallest absolute Gasteiger partial charge is 0.254 e. The molecule has 4 rings (SSSR count). The van der Waals surface area contributed by atoms with Crippen molar-refractivity contribution in [2.24, 2.45) is 5.92 Å². The fourth-order valence-corrected chi connectivity index (χ4v) is 4.22. The molecule has 1 amide bonds. The summed E-state index contributed by atoms with van der Waals surface area (Å²) in [6, 6.07) is 19.8. The summed E-state index contributed by atoms with van der Waals surface area (Å²) in [5, 5.41) is 3.43. The molecule has 1 unspecified atom stereocenters. The number of pyridine rings is 1. The van der Waals surface area contributed by atoms with E-state index in [1.165, 1.54) is 0 Å². The van der Waals surface area contributed by atoms with Crippen molar-refractivity contribution in [2.45, 2.75) is 25.9 Å². The Morgan fingerprint density at radius 1 is 1.00 bits per heavy atom. The average molecular weight is 488 g/mol. The highest BCUT2D eigenvalue weighted by atomic mass is 35.5. The van der Waals surface area contributed by atoms with Gasteiger partial charge in [-0.3, -0.25) is 9.78 Å². The molecule has 0 saturated carbocycles. The van der Waals surface area contributed by atoms with Gasteiger partial charge in [-0.15, -0.1) is 24.8 Å². The van der Waals surface area contributed by atoms with E-state index in [9.17, 15) is 4.79 Å². The van der Waals surface area contributed by atoms with Crippen molar-refractivity contribution in [1.29, 1.82) is 0 Å². The van der Waals surface area contributed by atoms with Gasteiger partial charge in [-0.1, -0.05) is 36.4 Å². The van der Waals surface area contributed by atoms with Gasteiger partial charge in [0.25, 0.3) is 5.91 Å². The molecule has 1 fully saturated rings. The predicted octanol–water partition coefficient (Wildman–Crippen LogP) is 4.93. The number of para-hydroxylation sites is 1. The number of methoxy groups -OCH3 is 1. The topological polar surface area (TPSA) is 54.5 Å². The summed E-state index contributed by atoms with van der Waals surface area (Å²) in [6.07, 6.45) is 5.61. The van der Waals surface area contributed by atoms with Crippen LogP contribution in [0.4, 0.5) is 0 Å². The van der Waals surface area contributed by atoms with Gasteiger partial charge < -0.3 is 15.0 Å². The minimum atomic E-state index is 0. The molecule has 1 saturated heterocycles. The molecule has 1 atom stereocenters. The number of carbonyl (C=O) groups is 1. The van der Waals surface area contributed by atoms with Crippen LogP contribution >= 0.6 is 24.8 Å². The van der Waals surface area contributed by atoms with Gasteiger partial charge in [0.05, 0.1) is 7.11 Å². The molecule has 7 heteroatoms. The summed E-state index contributed by atoms with van der Waals surface area (Å²) in [5.41, 5.74) is 3.96. The van der Waals surface area contributed by atoms with E-state index in [0.717, 1.165) is 53.9 Å². The van der Waals surface area contributed by atoms with Crippen molar-refractivity contribution in [3.05, 3.63) is 95.3 Å². The Hall–Kier alpha value is -2.60. The Kier molecular flexibility index (Phi) is 10.7. The Balaban J connectivity index is 0.00000193. The second kappa shape index (κ2) is 13.2. The number of nitrogens with zero attached hydrogens (tertiary/aromatic N) is 2. The standard InChI is InChI=1S/C26H29N3O2.2ClH/c1-31-25-9-5-3-7-23(25)19-29(18-20-10-13-27-14-11-20)26(30)24-8-4-2-6-22(24)16-21-12-15-28-17-21;;/h2-11,13-14,21,28H,12,15-19H2,1H3;2*1H. The van der Waals surface area contributed by atoms with Crippen molar-refractivity contribution in [3.8, 4) is 5.75 Å². The number of rotatable bonds is 8. The zero-order chi connectivity index (χ0) is 21.5. The number of hydrogen-bond donors (Lipinski definition) is 1. The molecule has 1 N–H and O–H groups in total. The molecule has 5 nitrogen and oxygen atoms in total. The summed E-state index contributed by atoms with van der Waals surface area (Å²) < 4.78 is 5.54. The largest absolute Gasteiger partial charge is 0.496 e. The Labute approximate surface area is 208 Å². The first-order chi connectivity index (χ1) is 15.2. The van der Waals surface area contributed by atoms with Crippen LogP contribution in [0.25, 0.3) is 0 Å². The van der Waals surface area contributed by atoms with E-state index in [4.69, 9.17) is 4.74 Å². The normalized spacial score (nSPS) is 14.6. The van der Waals surface area contributed by atoms with Crippen LogP contribution in [0.1, 0.15) is 33.5 Å². The molecule has 33 heavy (non-hydrogen) atoms. The Morgan fingerprint density at radius 2 is 1.70 bits per heavy atom. The van der Waals surface area contributed by atoms with Crippen LogP contribution < -0.4 is 10.1 Å². The van der Waals surface area contributed by atoms with Crippen molar-refractivity contribution in [2.75, 3.05) is 20.2 Å². The summed E-state index contributed by atoms with van der Waals surface area (Å²) in [7, 11) is 1.67. The highest BCUT2D eigenvalue weighted by molar-refractivity contribution is 5.95. The van der Waals surface area contributed by atoms with Gasteiger partial charge >= 0.3 is 0 Å². The molecular formula is C26H31Cl2N3O2. The van der Waals surface area contributed by atoms with E-state index in [1.807, 2.05) is 59.5 Å². The third-order valence-electron chi connectivity index (χ3n) is 5.88. The quantitative estimate of drug-likeness (QED) is 0.489. The molecule has 1 aliphatic rings. The first-order valence-electron chi connectivity index (χ1n) is 10.8. The van der Waals surface area contributed by atoms with E-state index in [-0.39, 0.29) is 30.7 Å². The molecular weight excluding hydrogens is 457 g/mol. The molecule has 0 spiro atoms. The highest BCUT2D eigenvalue weighted by Crippen LogP contribution is 2.24. The van der Waals surface area contributed by atoms with Gasteiger partial charge in [0.15, 0.2) is 0 Å². The maximum atomic E-state index is 13.8. The maximum Gasteiger partial charge on any atom is 0.254 e. The molecule has 1 aliphatic heterocycles. The maximum absolute atomic E-state index is 13.8. The molecule has 0 radical (unpaired) electrons.